The summed E-state index contributed by atoms with van der Waals surface area (Å²) in [5, 5.41) is 8.48. The van der Waals surface area contributed by atoms with Crippen LogP contribution in [0.25, 0.3) is 0 Å². The molecule has 0 bridgehead atoms. The summed E-state index contributed by atoms with van der Waals surface area (Å²) in [5.74, 6) is 0.889. The third-order valence-corrected chi connectivity index (χ3v) is 1.97. The molecule has 1 rings (SSSR count). The van der Waals surface area contributed by atoms with Crippen molar-refractivity contribution in [1.29, 1.82) is 0 Å². The Kier molecular flexibility index (Phi) is 5.04. The number of ether oxygens (including phenoxy) is 1. The molecule has 14 heavy (non-hydrogen) atoms. The second-order valence-corrected chi connectivity index (χ2v) is 3.18. The fraction of sp³-hybridized carbons (Fsp3) is 0.455. The summed E-state index contributed by atoms with van der Waals surface area (Å²) in [6, 6.07) is 7.71. The second kappa shape index (κ2) is 6.40. The molecule has 1 aromatic carbocycles. The number of unbranched alkanes of at least 4 members (excludes halogenated alkanes) is 1. The van der Waals surface area contributed by atoms with Gasteiger partial charge in [-0.15, -0.1) is 0 Å². The average Bonchev–Trinajstić information content (AvgIpc) is 2.21. The van der Waals surface area contributed by atoms with Crippen molar-refractivity contribution >= 4 is 0 Å². The lowest BCUT2D eigenvalue weighted by Crippen LogP contribution is -2.05. The van der Waals surface area contributed by atoms with Crippen molar-refractivity contribution in [3.63, 3.8) is 0 Å². The summed E-state index contributed by atoms with van der Waals surface area (Å²) in [6.45, 7) is 3.38. The summed E-state index contributed by atoms with van der Waals surface area (Å²) in [7, 11) is 0. The summed E-state index contributed by atoms with van der Waals surface area (Å²) in [4.78, 5) is 0. The lowest BCUT2D eigenvalue weighted by Gasteiger charge is -2.05. The van der Waals surface area contributed by atoms with Crippen LogP contribution < -0.4 is 10.2 Å². The largest absolute Gasteiger partial charge is 0.494 e. The van der Waals surface area contributed by atoms with Gasteiger partial charge in [0, 0.05) is 6.54 Å². The van der Waals surface area contributed by atoms with Gasteiger partial charge in [0.05, 0.1) is 6.61 Å². The van der Waals surface area contributed by atoms with Crippen molar-refractivity contribution in [3.8, 4) is 5.75 Å². The average molecular weight is 195 g/mol. The van der Waals surface area contributed by atoms with E-state index in [2.05, 4.69) is 12.4 Å². The van der Waals surface area contributed by atoms with Gasteiger partial charge in [-0.3, -0.25) is 0 Å². The zero-order valence-corrected chi connectivity index (χ0v) is 8.49. The Labute approximate surface area is 84.7 Å². The van der Waals surface area contributed by atoms with Crippen molar-refractivity contribution < 1.29 is 9.94 Å². The summed E-state index contributed by atoms with van der Waals surface area (Å²) < 4.78 is 5.50. The molecule has 0 aliphatic carbocycles. The van der Waals surface area contributed by atoms with Crippen LogP contribution in [0.15, 0.2) is 24.3 Å². The molecule has 3 heteroatoms. The van der Waals surface area contributed by atoms with Crippen molar-refractivity contribution in [1.82, 2.24) is 5.48 Å². The fourth-order valence-electron chi connectivity index (χ4n) is 1.13. The Morgan fingerprint density at radius 2 is 2.00 bits per heavy atom. The van der Waals surface area contributed by atoms with E-state index in [-0.39, 0.29) is 0 Å². The number of rotatable bonds is 6. The van der Waals surface area contributed by atoms with Gasteiger partial charge in [0.15, 0.2) is 0 Å². The minimum absolute atomic E-state index is 0.468. The SMILES string of the molecule is CCCCOc1ccc(CNO)cc1. The monoisotopic (exact) mass is 195 g/mol. The molecular formula is C11H17NO2. The summed E-state index contributed by atoms with van der Waals surface area (Å²) >= 11 is 0. The Morgan fingerprint density at radius 1 is 1.29 bits per heavy atom. The van der Waals surface area contributed by atoms with Gasteiger partial charge in [0.25, 0.3) is 0 Å². The molecule has 0 saturated heterocycles. The van der Waals surface area contributed by atoms with E-state index in [4.69, 9.17) is 9.94 Å². The van der Waals surface area contributed by atoms with Crippen molar-refractivity contribution in [2.75, 3.05) is 6.61 Å². The Balaban J connectivity index is 2.38. The van der Waals surface area contributed by atoms with Gasteiger partial charge in [-0.05, 0) is 24.1 Å². The third kappa shape index (κ3) is 3.77. The lowest BCUT2D eigenvalue weighted by molar-refractivity contribution is 0.161. The predicted molar refractivity (Wildman–Crippen MR) is 55.5 cm³/mol. The van der Waals surface area contributed by atoms with Crippen LogP contribution in [0.1, 0.15) is 25.3 Å². The molecule has 0 heterocycles. The van der Waals surface area contributed by atoms with E-state index in [0.29, 0.717) is 6.54 Å². The van der Waals surface area contributed by atoms with E-state index in [1.54, 1.807) is 0 Å². The maximum atomic E-state index is 8.48. The van der Waals surface area contributed by atoms with Gasteiger partial charge in [-0.2, -0.15) is 0 Å². The molecule has 78 valence electrons. The van der Waals surface area contributed by atoms with Gasteiger partial charge >= 0.3 is 0 Å². The predicted octanol–water partition coefficient (Wildman–Crippen LogP) is 2.34. The molecule has 0 radical (unpaired) electrons. The fourth-order valence-corrected chi connectivity index (χ4v) is 1.13. The highest BCUT2D eigenvalue weighted by Gasteiger charge is 1.94. The molecule has 0 aromatic heterocycles. The van der Waals surface area contributed by atoms with Crippen LogP contribution in [0.4, 0.5) is 0 Å². The number of hydrogen-bond donors (Lipinski definition) is 2. The number of benzene rings is 1. The lowest BCUT2D eigenvalue weighted by atomic mass is 10.2. The van der Waals surface area contributed by atoms with Gasteiger partial charge in [-0.25, -0.2) is 5.48 Å². The van der Waals surface area contributed by atoms with Crippen LogP contribution in [-0.4, -0.2) is 11.8 Å². The minimum atomic E-state index is 0.468. The van der Waals surface area contributed by atoms with Gasteiger partial charge < -0.3 is 9.94 Å². The zero-order valence-electron chi connectivity index (χ0n) is 8.49. The van der Waals surface area contributed by atoms with Crippen LogP contribution in [0.2, 0.25) is 0 Å². The molecule has 0 aliphatic heterocycles. The van der Waals surface area contributed by atoms with Crippen molar-refractivity contribution in [2.24, 2.45) is 0 Å². The van der Waals surface area contributed by atoms with E-state index in [9.17, 15) is 0 Å². The highest BCUT2D eigenvalue weighted by molar-refractivity contribution is 5.27. The Hall–Kier alpha value is -1.06. The number of hydrogen-bond acceptors (Lipinski definition) is 3. The van der Waals surface area contributed by atoms with Crippen molar-refractivity contribution in [3.05, 3.63) is 29.8 Å². The topological polar surface area (TPSA) is 41.5 Å². The Morgan fingerprint density at radius 3 is 2.57 bits per heavy atom. The second-order valence-electron chi connectivity index (χ2n) is 3.18. The molecule has 0 fully saturated rings. The van der Waals surface area contributed by atoms with E-state index >= 15 is 0 Å². The summed E-state index contributed by atoms with van der Waals surface area (Å²) in [5.41, 5.74) is 3.15. The first-order chi connectivity index (χ1) is 6.86. The summed E-state index contributed by atoms with van der Waals surface area (Å²) in [6.07, 6.45) is 2.23. The smallest absolute Gasteiger partial charge is 0.119 e. The van der Waals surface area contributed by atoms with Crippen LogP contribution in [0.5, 0.6) is 5.75 Å². The Bertz CT molecular complexity index is 246. The molecule has 0 saturated carbocycles. The first-order valence-electron chi connectivity index (χ1n) is 4.95. The zero-order chi connectivity index (χ0) is 10.2. The normalized spacial score (nSPS) is 10.1. The standard InChI is InChI=1S/C11H17NO2/c1-2-3-8-14-11-6-4-10(5-7-11)9-12-13/h4-7,12-13H,2-3,8-9H2,1H3. The van der Waals surface area contributed by atoms with Crippen LogP contribution in [-0.2, 0) is 6.54 Å². The number of nitrogens with one attached hydrogen (secondary N) is 1. The maximum Gasteiger partial charge on any atom is 0.119 e. The minimum Gasteiger partial charge on any atom is -0.494 e. The van der Waals surface area contributed by atoms with Gasteiger partial charge in [0.2, 0.25) is 0 Å². The molecule has 0 aliphatic rings. The van der Waals surface area contributed by atoms with Gasteiger partial charge in [0.1, 0.15) is 5.75 Å². The molecule has 0 atom stereocenters. The molecule has 2 N–H and O–H groups in total. The highest BCUT2D eigenvalue weighted by Crippen LogP contribution is 2.12. The van der Waals surface area contributed by atoms with Crippen LogP contribution >= 0.6 is 0 Å². The first kappa shape index (κ1) is 11.0. The van der Waals surface area contributed by atoms with E-state index in [0.717, 1.165) is 30.8 Å². The quantitative estimate of drug-likeness (QED) is 0.540. The molecular weight excluding hydrogens is 178 g/mol. The van der Waals surface area contributed by atoms with Crippen molar-refractivity contribution in [2.45, 2.75) is 26.3 Å². The maximum absolute atomic E-state index is 8.48. The van der Waals surface area contributed by atoms with E-state index in [1.165, 1.54) is 0 Å². The first-order valence-corrected chi connectivity index (χ1v) is 4.95. The van der Waals surface area contributed by atoms with E-state index in [1.807, 2.05) is 24.3 Å². The molecule has 3 nitrogen and oxygen atoms in total. The number of hydroxylamine groups is 1. The van der Waals surface area contributed by atoms with Crippen LogP contribution in [0.3, 0.4) is 0 Å². The third-order valence-electron chi connectivity index (χ3n) is 1.97. The molecule has 0 amide bonds. The molecule has 0 unspecified atom stereocenters. The molecule has 0 spiro atoms. The molecule has 1 aromatic rings. The van der Waals surface area contributed by atoms with Crippen LogP contribution in [0, 0.1) is 0 Å². The van der Waals surface area contributed by atoms with E-state index < -0.39 is 0 Å². The highest BCUT2D eigenvalue weighted by atomic mass is 16.5. The van der Waals surface area contributed by atoms with Gasteiger partial charge in [-0.1, -0.05) is 25.5 Å².